The highest BCUT2D eigenvalue weighted by molar-refractivity contribution is 9.09. The standard InChI is InChI=1S/C16H23Br/c1-2-3-4-5-6-7-11-14-16(17)15-12-9-8-10-13-15/h2,8-10,12-13,16H,1,3-7,11,14H2. The molecule has 0 aromatic heterocycles. The van der Waals surface area contributed by atoms with Crippen molar-refractivity contribution in [2.45, 2.75) is 49.8 Å². The van der Waals surface area contributed by atoms with Crippen molar-refractivity contribution in [2.24, 2.45) is 0 Å². The lowest BCUT2D eigenvalue weighted by molar-refractivity contribution is 0.595. The smallest absolute Gasteiger partial charge is 0.0395 e. The van der Waals surface area contributed by atoms with Crippen LogP contribution in [0.2, 0.25) is 0 Å². The molecule has 0 heterocycles. The Morgan fingerprint density at radius 2 is 1.65 bits per heavy atom. The molecule has 0 amide bonds. The lowest BCUT2D eigenvalue weighted by atomic mass is 10.0. The summed E-state index contributed by atoms with van der Waals surface area (Å²) in [4.78, 5) is 0.525. The number of halogens is 1. The van der Waals surface area contributed by atoms with Gasteiger partial charge in [0.05, 0.1) is 0 Å². The van der Waals surface area contributed by atoms with Crippen LogP contribution in [0.25, 0.3) is 0 Å². The molecule has 17 heavy (non-hydrogen) atoms. The average molecular weight is 295 g/mol. The Kier molecular flexibility index (Phi) is 8.08. The molecule has 0 saturated carbocycles. The van der Waals surface area contributed by atoms with Gasteiger partial charge in [0.15, 0.2) is 0 Å². The van der Waals surface area contributed by atoms with E-state index in [-0.39, 0.29) is 0 Å². The molecule has 0 nitrogen and oxygen atoms in total. The van der Waals surface area contributed by atoms with Crippen LogP contribution in [0.5, 0.6) is 0 Å². The number of benzene rings is 1. The summed E-state index contributed by atoms with van der Waals surface area (Å²) in [6, 6.07) is 10.7. The molecule has 1 unspecified atom stereocenters. The van der Waals surface area contributed by atoms with E-state index in [1.54, 1.807) is 0 Å². The molecule has 1 heteroatoms. The molecule has 1 rings (SSSR count). The summed E-state index contributed by atoms with van der Waals surface area (Å²) in [6.07, 6.45) is 11.1. The maximum Gasteiger partial charge on any atom is 0.0395 e. The van der Waals surface area contributed by atoms with E-state index in [0.717, 1.165) is 0 Å². The summed E-state index contributed by atoms with van der Waals surface area (Å²) >= 11 is 3.77. The average Bonchev–Trinajstić information content (AvgIpc) is 2.38. The Labute approximate surface area is 114 Å². The van der Waals surface area contributed by atoms with Crippen molar-refractivity contribution in [1.29, 1.82) is 0 Å². The van der Waals surface area contributed by atoms with E-state index in [1.807, 2.05) is 6.08 Å². The summed E-state index contributed by atoms with van der Waals surface area (Å²) < 4.78 is 0. The Hall–Kier alpha value is -0.560. The van der Waals surface area contributed by atoms with E-state index in [4.69, 9.17) is 0 Å². The topological polar surface area (TPSA) is 0 Å². The number of hydrogen-bond donors (Lipinski definition) is 0. The molecule has 1 atom stereocenters. The third-order valence-corrected chi connectivity index (χ3v) is 4.01. The fourth-order valence-corrected chi connectivity index (χ4v) is 2.60. The van der Waals surface area contributed by atoms with Crippen molar-refractivity contribution < 1.29 is 0 Å². The van der Waals surface area contributed by atoms with Gasteiger partial charge in [-0.1, -0.05) is 78.0 Å². The molecule has 0 spiro atoms. The number of alkyl halides is 1. The lowest BCUT2D eigenvalue weighted by Crippen LogP contribution is -1.89. The SMILES string of the molecule is C=CCCCCCCCC(Br)c1ccccc1. The number of rotatable bonds is 9. The minimum absolute atomic E-state index is 0.525. The van der Waals surface area contributed by atoms with Crippen LogP contribution in [0, 0.1) is 0 Å². The largest absolute Gasteiger partial charge is 0.103 e. The highest BCUT2D eigenvalue weighted by Gasteiger charge is 2.05. The molecule has 1 aromatic rings. The molecular formula is C16H23Br. The van der Waals surface area contributed by atoms with Gasteiger partial charge in [-0.05, 0) is 24.8 Å². The van der Waals surface area contributed by atoms with Crippen LogP contribution >= 0.6 is 15.9 Å². The fraction of sp³-hybridized carbons (Fsp3) is 0.500. The number of unbranched alkanes of at least 4 members (excludes halogenated alkanes) is 5. The third kappa shape index (κ3) is 6.68. The minimum atomic E-state index is 0.525. The lowest BCUT2D eigenvalue weighted by Gasteiger charge is -2.09. The first-order valence-electron chi connectivity index (χ1n) is 6.64. The Morgan fingerprint density at radius 1 is 1.00 bits per heavy atom. The van der Waals surface area contributed by atoms with Crippen LogP contribution in [-0.2, 0) is 0 Å². The summed E-state index contributed by atoms with van der Waals surface area (Å²) in [7, 11) is 0. The van der Waals surface area contributed by atoms with Crippen LogP contribution in [0.1, 0.15) is 55.3 Å². The first-order chi connectivity index (χ1) is 8.34. The van der Waals surface area contributed by atoms with Crippen LogP contribution in [0.4, 0.5) is 0 Å². The van der Waals surface area contributed by atoms with E-state index in [9.17, 15) is 0 Å². The van der Waals surface area contributed by atoms with Gasteiger partial charge in [-0.15, -0.1) is 6.58 Å². The molecule has 94 valence electrons. The Balaban J connectivity index is 2.05. The summed E-state index contributed by atoms with van der Waals surface area (Å²) in [6.45, 7) is 3.75. The molecule has 0 bridgehead atoms. The second-order valence-corrected chi connectivity index (χ2v) is 5.62. The normalized spacial score (nSPS) is 12.3. The Bertz CT molecular complexity index is 292. The molecule has 0 aliphatic rings. The maximum absolute atomic E-state index is 3.77. The van der Waals surface area contributed by atoms with Gasteiger partial charge in [0.2, 0.25) is 0 Å². The monoisotopic (exact) mass is 294 g/mol. The van der Waals surface area contributed by atoms with Gasteiger partial charge in [0.25, 0.3) is 0 Å². The van der Waals surface area contributed by atoms with Crippen molar-refractivity contribution in [1.82, 2.24) is 0 Å². The zero-order valence-electron chi connectivity index (χ0n) is 10.6. The van der Waals surface area contributed by atoms with E-state index in [0.29, 0.717) is 4.83 Å². The van der Waals surface area contributed by atoms with Crippen molar-refractivity contribution in [2.75, 3.05) is 0 Å². The number of allylic oxidation sites excluding steroid dienone is 1. The van der Waals surface area contributed by atoms with E-state index in [1.165, 1.54) is 50.5 Å². The zero-order valence-corrected chi connectivity index (χ0v) is 12.2. The van der Waals surface area contributed by atoms with Gasteiger partial charge in [-0.2, -0.15) is 0 Å². The van der Waals surface area contributed by atoms with Crippen molar-refractivity contribution in [3.8, 4) is 0 Å². The summed E-state index contributed by atoms with van der Waals surface area (Å²) in [5, 5.41) is 0. The molecule has 0 radical (unpaired) electrons. The second kappa shape index (κ2) is 9.47. The van der Waals surface area contributed by atoms with Gasteiger partial charge in [0.1, 0.15) is 0 Å². The van der Waals surface area contributed by atoms with Crippen molar-refractivity contribution in [3.63, 3.8) is 0 Å². The third-order valence-electron chi connectivity index (χ3n) is 3.03. The van der Waals surface area contributed by atoms with Gasteiger partial charge < -0.3 is 0 Å². The Morgan fingerprint density at radius 3 is 2.35 bits per heavy atom. The van der Waals surface area contributed by atoms with E-state index < -0.39 is 0 Å². The minimum Gasteiger partial charge on any atom is -0.103 e. The molecule has 0 saturated heterocycles. The van der Waals surface area contributed by atoms with Gasteiger partial charge >= 0.3 is 0 Å². The molecule has 0 N–H and O–H groups in total. The first-order valence-corrected chi connectivity index (χ1v) is 7.56. The molecule has 0 fully saturated rings. The van der Waals surface area contributed by atoms with Crippen LogP contribution in [0.3, 0.4) is 0 Å². The zero-order chi connectivity index (χ0) is 12.3. The predicted octanol–water partition coefficient (Wildman–Crippen LogP) is 6.04. The predicted molar refractivity (Wildman–Crippen MR) is 80.6 cm³/mol. The fourth-order valence-electron chi connectivity index (χ4n) is 1.97. The van der Waals surface area contributed by atoms with Crippen LogP contribution in [0.15, 0.2) is 43.0 Å². The summed E-state index contributed by atoms with van der Waals surface area (Å²) in [5.74, 6) is 0. The highest BCUT2D eigenvalue weighted by atomic mass is 79.9. The van der Waals surface area contributed by atoms with Crippen molar-refractivity contribution in [3.05, 3.63) is 48.6 Å². The van der Waals surface area contributed by atoms with Crippen LogP contribution < -0.4 is 0 Å². The summed E-state index contributed by atoms with van der Waals surface area (Å²) in [5.41, 5.74) is 1.40. The van der Waals surface area contributed by atoms with Crippen LogP contribution in [-0.4, -0.2) is 0 Å². The number of hydrogen-bond acceptors (Lipinski definition) is 0. The highest BCUT2D eigenvalue weighted by Crippen LogP contribution is 2.28. The van der Waals surface area contributed by atoms with Gasteiger partial charge in [-0.25, -0.2) is 0 Å². The van der Waals surface area contributed by atoms with Gasteiger partial charge in [-0.3, -0.25) is 0 Å². The molecular weight excluding hydrogens is 272 g/mol. The molecule has 0 aliphatic carbocycles. The van der Waals surface area contributed by atoms with E-state index in [2.05, 4.69) is 52.8 Å². The van der Waals surface area contributed by atoms with Gasteiger partial charge in [0, 0.05) is 4.83 Å². The molecule has 0 aliphatic heterocycles. The second-order valence-electron chi connectivity index (χ2n) is 4.51. The first kappa shape index (κ1) is 14.5. The quantitative estimate of drug-likeness (QED) is 0.296. The molecule has 1 aromatic carbocycles. The van der Waals surface area contributed by atoms with E-state index >= 15 is 0 Å². The maximum atomic E-state index is 3.77. The van der Waals surface area contributed by atoms with Crippen molar-refractivity contribution >= 4 is 15.9 Å².